The molecule has 2 aliphatic carbocycles. The van der Waals surface area contributed by atoms with Crippen LogP contribution in [0.25, 0.3) is 11.9 Å². The minimum Gasteiger partial charge on any atom is -0.476 e. The molecule has 0 amide bonds. The molecule has 1 spiro atoms. The van der Waals surface area contributed by atoms with Gasteiger partial charge in [0, 0.05) is 6.42 Å². The SMILES string of the molecule is CC1(C)C(N)=N[C@@]2(Cc3ccc(/C=C(\F)c4cnc(OCC5CCCCC5)cn4)cc32)CS1(=O)=O. The van der Waals surface area contributed by atoms with Gasteiger partial charge in [-0.3, -0.25) is 4.99 Å². The smallest absolute Gasteiger partial charge is 0.232 e. The highest BCUT2D eigenvalue weighted by Gasteiger charge is 2.54. The third kappa shape index (κ3) is 4.35. The number of hydrogen-bond acceptors (Lipinski definition) is 7. The highest BCUT2D eigenvalue weighted by Crippen LogP contribution is 2.48. The van der Waals surface area contributed by atoms with E-state index in [0.29, 0.717) is 30.4 Å². The standard InChI is InChI=1S/C26H31FN4O3S/c1-25(2)24(28)31-26(16-35(25,32)33)12-19-9-8-18(10-20(19)26)11-21(27)22-13-30-23(14-29-22)34-15-17-6-4-3-5-7-17/h8-11,13-14,17H,3-7,12,15-16H2,1-2H3,(H2,28,31)/b21-11-/t26-/m0/s1. The number of amidine groups is 1. The summed E-state index contributed by atoms with van der Waals surface area (Å²) in [6, 6.07) is 5.47. The number of hydrogen-bond donors (Lipinski definition) is 1. The van der Waals surface area contributed by atoms with E-state index in [-0.39, 0.29) is 17.3 Å². The Labute approximate surface area is 205 Å². The number of rotatable bonds is 5. The van der Waals surface area contributed by atoms with Gasteiger partial charge in [-0.15, -0.1) is 0 Å². The second-order valence-corrected chi connectivity index (χ2v) is 13.0. The first-order valence-corrected chi connectivity index (χ1v) is 13.8. The lowest BCUT2D eigenvalue weighted by Crippen LogP contribution is -2.58. The molecule has 1 aliphatic heterocycles. The monoisotopic (exact) mass is 498 g/mol. The van der Waals surface area contributed by atoms with Crippen molar-refractivity contribution in [3.63, 3.8) is 0 Å². The molecule has 2 N–H and O–H groups in total. The van der Waals surface area contributed by atoms with Crippen LogP contribution in [0.4, 0.5) is 4.39 Å². The highest BCUT2D eigenvalue weighted by atomic mass is 32.2. The molecule has 2 heterocycles. The van der Waals surface area contributed by atoms with Crippen molar-refractivity contribution >= 4 is 27.6 Å². The number of aromatic nitrogens is 2. The zero-order valence-electron chi connectivity index (χ0n) is 20.1. The maximum atomic E-state index is 15.0. The van der Waals surface area contributed by atoms with Gasteiger partial charge in [-0.2, -0.15) is 0 Å². The molecular weight excluding hydrogens is 467 g/mol. The van der Waals surface area contributed by atoms with Crippen LogP contribution < -0.4 is 10.5 Å². The van der Waals surface area contributed by atoms with Gasteiger partial charge < -0.3 is 10.5 Å². The average Bonchev–Trinajstić information content (AvgIpc) is 2.83. The number of nitrogens with zero attached hydrogens (tertiary/aromatic N) is 3. The second-order valence-electron chi connectivity index (χ2n) is 10.4. The predicted molar refractivity (Wildman–Crippen MR) is 134 cm³/mol. The number of aliphatic imine (C=N–C) groups is 1. The maximum absolute atomic E-state index is 15.0. The van der Waals surface area contributed by atoms with Crippen molar-refractivity contribution in [3.8, 4) is 5.88 Å². The van der Waals surface area contributed by atoms with E-state index >= 15 is 0 Å². The molecule has 0 saturated heterocycles. The van der Waals surface area contributed by atoms with Crippen LogP contribution in [-0.2, 0) is 21.8 Å². The first kappa shape index (κ1) is 23.9. The van der Waals surface area contributed by atoms with E-state index in [1.807, 2.05) is 6.07 Å². The molecule has 186 valence electrons. The van der Waals surface area contributed by atoms with Crippen LogP contribution in [0, 0.1) is 5.92 Å². The summed E-state index contributed by atoms with van der Waals surface area (Å²) >= 11 is 0. The summed E-state index contributed by atoms with van der Waals surface area (Å²) in [6.07, 6.45) is 10.8. The third-order valence-corrected chi connectivity index (χ3v) is 10.3. The first-order chi connectivity index (χ1) is 16.6. The van der Waals surface area contributed by atoms with Gasteiger partial charge in [0.2, 0.25) is 5.88 Å². The molecule has 1 aromatic carbocycles. The van der Waals surface area contributed by atoms with Crippen LogP contribution in [0.3, 0.4) is 0 Å². The number of halogens is 1. The van der Waals surface area contributed by atoms with Crippen LogP contribution in [0.1, 0.15) is 68.3 Å². The van der Waals surface area contributed by atoms with Crippen molar-refractivity contribution in [3.05, 3.63) is 53.0 Å². The van der Waals surface area contributed by atoms with E-state index in [2.05, 4.69) is 15.0 Å². The number of nitrogens with two attached hydrogens (primary N) is 1. The van der Waals surface area contributed by atoms with Crippen molar-refractivity contribution in [2.45, 2.75) is 62.7 Å². The molecule has 35 heavy (non-hydrogen) atoms. The Hall–Kier alpha value is -2.81. The Balaban J connectivity index is 1.32. The lowest BCUT2D eigenvalue weighted by Gasteiger charge is -2.46. The van der Waals surface area contributed by atoms with Crippen molar-refractivity contribution < 1.29 is 17.5 Å². The molecule has 1 fully saturated rings. The van der Waals surface area contributed by atoms with E-state index in [1.54, 1.807) is 26.0 Å². The van der Waals surface area contributed by atoms with Gasteiger partial charge in [0.15, 0.2) is 15.7 Å². The number of benzene rings is 1. The maximum Gasteiger partial charge on any atom is 0.232 e. The van der Waals surface area contributed by atoms with Gasteiger partial charge in [0.05, 0.1) is 24.8 Å². The van der Waals surface area contributed by atoms with Crippen LogP contribution in [0.2, 0.25) is 0 Å². The van der Waals surface area contributed by atoms with Crippen molar-refractivity contribution in [1.29, 1.82) is 0 Å². The molecule has 3 aliphatic rings. The Morgan fingerprint density at radius 1 is 1.20 bits per heavy atom. The van der Waals surface area contributed by atoms with E-state index < -0.39 is 26.0 Å². The molecule has 9 heteroatoms. The van der Waals surface area contributed by atoms with Crippen molar-refractivity contribution in [2.24, 2.45) is 16.6 Å². The summed E-state index contributed by atoms with van der Waals surface area (Å²) in [6.45, 7) is 3.77. The van der Waals surface area contributed by atoms with Gasteiger partial charge in [-0.25, -0.2) is 22.8 Å². The fourth-order valence-corrected chi connectivity index (χ4v) is 6.82. The zero-order valence-corrected chi connectivity index (χ0v) is 20.9. The highest BCUT2D eigenvalue weighted by molar-refractivity contribution is 7.93. The largest absolute Gasteiger partial charge is 0.476 e. The van der Waals surface area contributed by atoms with E-state index in [1.165, 1.54) is 50.6 Å². The summed E-state index contributed by atoms with van der Waals surface area (Å²) in [5.74, 6) is 0.412. The molecule has 0 radical (unpaired) electrons. The molecular formula is C26H31FN4O3S. The van der Waals surface area contributed by atoms with Crippen LogP contribution in [-0.4, -0.2) is 41.3 Å². The molecule has 0 bridgehead atoms. The molecule has 0 unspecified atom stereocenters. The van der Waals surface area contributed by atoms with Crippen LogP contribution >= 0.6 is 0 Å². The molecule has 5 rings (SSSR count). The van der Waals surface area contributed by atoms with Gasteiger partial charge >= 0.3 is 0 Å². The van der Waals surface area contributed by atoms with Gasteiger partial charge in [-0.05, 0) is 61.4 Å². The molecule has 1 saturated carbocycles. The molecule has 7 nitrogen and oxygen atoms in total. The number of fused-ring (bicyclic) bond motifs is 2. The topological polar surface area (TPSA) is 108 Å². The summed E-state index contributed by atoms with van der Waals surface area (Å²) in [7, 11) is -3.49. The lowest BCUT2D eigenvalue weighted by molar-refractivity contribution is 0.202. The first-order valence-electron chi connectivity index (χ1n) is 12.1. The fourth-order valence-electron chi connectivity index (χ4n) is 5.15. The second kappa shape index (κ2) is 8.69. The van der Waals surface area contributed by atoms with E-state index in [4.69, 9.17) is 10.5 Å². The van der Waals surface area contributed by atoms with Crippen LogP contribution in [0.5, 0.6) is 5.88 Å². The zero-order chi connectivity index (χ0) is 24.8. The van der Waals surface area contributed by atoms with Crippen LogP contribution in [0.15, 0.2) is 35.6 Å². The average molecular weight is 499 g/mol. The van der Waals surface area contributed by atoms with Crippen molar-refractivity contribution in [1.82, 2.24) is 9.97 Å². The summed E-state index contributed by atoms with van der Waals surface area (Å²) in [5.41, 5.74) is 7.65. The van der Waals surface area contributed by atoms with Gasteiger partial charge in [0.1, 0.15) is 21.8 Å². The minimum atomic E-state index is -3.49. The normalized spacial score (nSPS) is 25.5. The molecule has 2 aromatic rings. The number of ether oxygens (including phenoxy) is 1. The number of sulfone groups is 1. The quantitative estimate of drug-likeness (QED) is 0.661. The fraction of sp³-hybridized carbons (Fsp3) is 0.500. The Bertz CT molecular complexity index is 1300. The summed E-state index contributed by atoms with van der Waals surface area (Å²) in [4.78, 5) is 13.0. The van der Waals surface area contributed by atoms with E-state index in [9.17, 15) is 12.8 Å². The lowest BCUT2D eigenvalue weighted by atomic mass is 9.71. The molecule has 1 aromatic heterocycles. The van der Waals surface area contributed by atoms with Crippen molar-refractivity contribution in [2.75, 3.05) is 12.4 Å². The third-order valence-electron chi connectivity index (χ3n) is 7.63. The minimum absolute atomic E-state index is 0.107. The molecule has 1 atom stereocenters. The van der Waals surface area contributed by atoms with E-state index in [0.717, 1.165) is 11.1 Å². The summed E-state index contributed by atoms with van der Waals surface area (Å²) in [5, 5.41) is 0. The predicted octanol–water partition coefficient (Wildman–Crippen LogP) is 4.22. The Kier molecular flexibility index (Phi) is 5.94. The Morgan fingerprint density at radius 3 is 2.66 bits per heavy atom. The Morgan fingerprint density at radius 2 is 1.97 bits per heavy atom. The van der Waals surface area contributed by atoms with Gasteiger partial charge in [-0.1, -0.05) is 31.4 Å². The summed E-state index contributed by atoms with van der Waals surface area (Å²) < 4.78 is 45.3. The van der Waals surface area contributed by atoms with Gasteiger partial charge in [0.25, 0.3) is 0 Å².